The minimum atomic E-state index is -1.04. The summed E-state index contributed by atoms with van der Waals surface area (Å²) in [6.45, 7) is 6.22. The third-order valence-corrected chi connectivity index (χ3v) is 3.37. The van der Waals surface area contributed by atoms with Crippen molar-refractivity contribution in [3.8, 4) is 0 Å². The first kappa shape index (κ1) is 14.6. The quantitative estimate of drug-likeness (QED) is 0.941. The van der Waals surface area contributed by atoms with Crippen molar-refractivity contribution in [3.05, 3.63) is 52.3 Å². The molecule has 1 heterocycles. The molecule has 5 heteroatoms. The predicted molar refractivity (Wildman–Crippen MR) is 78.4 cm³/mol. The summed E-state index contributed by atoms with van der Waals surface area (Å²) in [6, 6.07) is 9.69. The number of carbonyl (C=O) groups is 1. The first-order valence-electron chi connectivity index (χ1n) is 6.34. The zero-order valence-electron chi connectivity index (χ0n) is 11.7. The Bertz CT molecular complexity index is 627. The lowest BCUT2D eigenvalue weighted by atomic mass is 9.89. The Hall–Kier alpha value is -1.81. The highest BCUT2D eigenvalue weighted by atomic mass is 35.5. The van der Waals surface area contributed by atoms with Crippen LogP contribution in [-0.4, -0.2) is 20.9 Å². The highest BCUT2D eigenvalue weighted by molar-refractivity contribution is 6.32. The molecule has 0 unspecified atom stereocenters. The highest BCUT2D eigenvalue weighted by Crippen LogP contribution is 2.30. The van der Waals surface area contributed by atoms with Gasteiger partial charge in [-0.3, -0.25) is 0 Å². The molecule has 1 aromatic carbocycles. The van der Waals surface area contributed by atoms with Gasteiger partial charge in [-0.15, -0.1) is 0 Å². The summed E-state index contributed by atoms with van der Waals surface area (Å²) in [5, 5.41) is 13.9. The molecule has 20 heavy (non-hydrogen) atoms. The van der Waals surface area contributed by atoms with Gasteiger partial charge in [-0.25, -0.2) is 9.48 Å². The Balaban J connectivity index is 2.48. The first-order chi connectivity index (χ1) is 9.30. The predicted octanol–water partition coefficient (Wildman–Crippen LogP) is 3.58. The third-order valence-electron chi connectivity index (χ3n) is 2.99. The van der Waals surface area contributed by atoms with E-state index in [2.05, 4.69) is 5.10 Å². The molecule has 1 aromatic heterocycles. The molecule has 1 N–H and O–H groups in total. The maximum atomic E-state index is 11.4. The Labute approximate surface area is 123 Å². The fourth-order valence-electron chi connectivity index (χ4n) is 2.02. The number of carboxylic acid groups (broad SMARTS) is 1. The Kier molecular flexibility index (Phi) is 3.86. The van der Waals surface area contributed by atoms with E-state index in [1.165, 1.54) is 0 Å². The van der Waals surface area contributed by atoms with Crippen molar-refractivity contribution in [2.45, 2.75) is 32.7 Å². The minimum Gasteiger partial charge on any atom is -0.478 e. The molecule has 0 radical (unpaired) electrons. The van der Waals surface area contributed by atoms with Crippen molar-refractivity contribution >= 4 is 17.6 Å². The van der Waals surface area contributed by atoms with Crippen LogP contribution in [0.2, 0.25) is 5.15 Å². The maximum Gasteiger partial charge on any atom is 0.340 e. The monoisotopic (exact) mass is 292 g/mol. The van der Waals surface area contributed by atoms with E-state index in [4.69, 9.17) is 11.6 Å². The van der Waals surface area contributed by atoms with Gasteiger partial charge < -0.3 is 5.11 Å². The van der Waals surface area contributed by atoms with Gasteiger partial charge in [-0.1, -0.05) is 62.7 Å². The molecule has 0 fully saturated rings. The lowest BCUT2D eigenvalue weighted by molar-refractivity contribution is 0.0694. The van der Waals surface area contributed by atoms with E-state index in [1.54, 1.807) is 4.68 Å². The van der Waals surface area contributed by atoms with Gasteiger partial charge in [-0.2, -0.15) is 5.10 Å². The molecule has 0 saturated heterocycles. The van der Waals surface area contributed by atoms with Crippen molar-refractivity contribution in [1.29, 1.82) is 0 Å². The van der Waals surface area contributed by atoms with Crippen molar-refractivity contribution in [3.63, 3.8) is 0 Å². The van der Waals surface area contributed by atoms with Crippen molar-refractivity contribution in [1.82, 2.24) is 9.78 Å². The summed E-state index contributed by atoms with van der Waals surface area (Å²) in [7, 11) is 0. The van der Waals surface area contributed by atoms with Gasteiger partial charge >= 0.3 is 5.97 Å². The van der Waals surface area contributed by atoms with Crippen LogP contribution in [-0.2, 0) is 12.0 Å². The van der Waals surface area contributed by atoms with Gasteiger partial charge in [0.25, 0.3) is 0 Å². The summed E-state index contributed by atoms with van der Waals surface area (Å²) >= 11 is 6.20. The SMILES string of the molecule is CC(C)(C)c1nn(Cc2ccccc2)c(Cl)c1C(=O)O. The molecule has 4 nitrogen and oxygen atoms in total. The standard InChI is InChI=1S/C15H17ClN2O2/c1-15(2,3)12-11(14(19)20)13(16)18(17-12)9-10-7-5-4-6-8-10/h4-8H,9H2,1-3H3,(H,19,20). The number of carboxylic acids is 1. The van der Waals surface area contributed by atoms with Crippen LogP contribution in [0.4, 0.5) is 0 Å². The molecule has 0 bridgehead atoms. The summed E-state index contributed by atoms with van der Waals surface area (Å²) in [5.74, 6) is -1.04. The molecule has 2 aromatic rings. The first-order valence-corrected chi connectivity index (χ1v) is 6.72. The number of nitrogens with zero attached hydrogens (tertiary/aromatic N) is 2. The van der Waals surface area contributed by atoms with Gasteiger partial charge in [0.05, 0.1) is 12.2 Å². The molecule has 0 aliphatic heterocycles. The van der Waals surface area contributed by atoms with Gasteiger partial charge in [0, 0.05) is 5.41 Å². The number of aromatic carboxylic acids is 1. The highest BCUT2D eigenvalue weighted by Gasteiger charge is 2.29. The van der Waals surface area contributed by atoms with E-state index >= 15 is 0 Å². The van der Waals surface area contributed by atoms with E-state index < -0.39 is 5.97 Å². The molecule has 106 valence electrons. The van der Waals surface area contributed by atoms with Crippen LogP contribution in [0, 0.1) is 0 Å². The van der Waals surface area contributed by atoms with Crippen molar-refractivity contribution < 1.29 is 9.90 Å². The Morgan fingerprint density at radius 1 is 1.30 bits per heavy atom. The van der Waals surface area contributed by atoms with E-state index in [1.807, 2.05) is 51.1 Å². The molecular weight excluding hydrogens is 276 g/mol. The number of halogens is 1. The van der Waals surface area contributed by atoms with Crippen LogP contribution in [0.1, 0.15) is 42.4 Å². The van der Waals surface area contributed by atoms with Gasteiger partial charge in [0.1, 0.15) is 10.7 Å². The fraction of sp³-hybridized carbons (Fsp3) is 0.333. The van der Waals surface area contributed by atoms with E-state index in [0.717, 1.165) is 5.56 Å². The molecule has 0 saturated carbocycles. The molecule has 2 rings (SSSR count). The van der Waals surface area contributed by atoms with Gasteiger partial charge in [0.2, 0.25) is 0 Å². The Morgan fingerprint density at radius 2 is 1.90 bits per heavy atom. The number of aromatic nitrogens is 2. The Morgan fingerprint density at radius 3 is 2.35 bits per heavy atom. The normalized spacial score (nSPS) is 11.6. The summed E-state index contributed by atoms with van der Waals surface area (Å²) < 4.78 is 1.54. The van der Waals surface area contributed by atoms with Crippen molar-refractivity contribution in [2.75, 3.05) is 0 Å². The maximum absolute atomic E-state index is 11.4. The third kappa shape index (κ3) is 2.85. The summed E-state index contributed by atoms with van der Waals surface area (Å²) in [5.41, 5.74) is 1.24. The second kappa shape index (κ2) is 5.29. The smallest absolute Gasteiger partial charge is 0.340 e. The van der Waals surface area contributed by atoms with Crippen LogP contribution in [0.15, 0.2) is 30.3 Å². The molecule has 0 aliphatic carbocycles. The topological polar surface area (TPSA) is 55.1 Å². The zero-order chi connectivity index (χ0) is 14.9. The van der Waals surface area contributed by atoms with Crippen LogP contribution < -0.4 is 0 Å². The van der Waals surface area contributed by atoms with E-state index in [-0.39, 0.29) is 16.1 Å². The molecule has 0 amide bonds. The second-order valence-corrected chi connectivity index (χ2v) is 6.07. The van der Waals surface area contributed by atoms with Crippen LogP contribution in [0.3, 0.4) is 0 Å². The second-order valence-electron chi connectivity index (χ2n) is 5.71. The zero-order valence-corrected chi connectivity index (χ0v) is 12.5. The van der Waals surface area contributed by atoms with Gasteiger partial charge in [0.15, 0.2) is 0 Å². The number of rotatable bonds is 3. The summed E-state index contributed by atoms with van der Waals surface area (Å²) in [4.78, 5) is 11.4. The summed E-state index contributed by atoms with van der Waals surface area (Å²) in [6.07, 6.45) is 0. The van der Waals surface area contributed by atoms with E-state index in [0.29, 0.717) is 12.2 Å². The average Bonchev–Trinajstić information content (AvgIpc) is 2.68. The minimum absolute atomic E-state index is 0.0927. The fourth-order valence-corrected chi connectivity index (χ4v) is 2.28. The molecule has 0 spiro atoms. The van der Waals surface area contributed by atoms with E-state index in [9.17, 15) is 9.90 Å². The van der Waals surface area contributed by atoms with Crippen LogP contribution >= 0.6 is 11.6 Å². The van der Waals surface area contributed by atoms with Crippen molar-refractivity contribution in [2.24, 2.45) is 0 Å². The lowest BCUT2D eigenvalue weighted by Crippen LogP contribution is -2.17. The number of hydrogen-bond acceptors (Lipinski definition) is 2. The molecule has 0 aliphatic rings. The number of hydrogen-bond donors (Lipinski definition) is 1. The van der Waals surface area contributed by atoms with Gasteiger partial charge in [-0.05, 0) is 5.56 Å². The molecule has 0 atom stereocenters. The lowest BCUT2D eigenvalue weighted by Gasteiger charge is -2.15. The van der Waals surface area contributed by atoms with Crippen LogP contribution in [0.5, 0.6) is 0 Å². The largest absolute Gasteiger partial charge is 0.478 e. The average molecular weight is 293 g/mol. The molecular formula is C15H17ClN2O2. The van der Waals surface area contributed by atoms with Crippen LogP contribution in [0.25, 0.3) is 0 Å². The number of benzene rings is 1.